The molecule has 102 valence electrons. The second-order valence-corrected chi connectivity index (χ2v) is 5.96. The van der Waals surface area contributed by atoms with E-state index < -0.39 is 6.10 Å². The number of hydrogen-bond donors (Lipinski definition) is 2. The van der Waals surface area contributed by atoms with Gasteiger partial charge in [-0.2, -0.15) is 0 Å². The number of β-amino-alcohol motifs (C(OH)–C–C–N with tert-alkyl or cyclic N) is 1. The second-order valence-electron chi connectivity index (χ2n) is 5.30. The van der Waals surface area contributed by atoms with Crippen LogP contribution in [0.1, 0.15) is 31.7 Å². The molecule has 2 N–H and O–H groups in total. The molecule has 1 aromatic heterocycles. The Balaban J connectivity index is 1.94. The topological polar surface area (TPSA) is 56.6 Å². The number of piperidine rings is 1. The maximum atomic E-state index is 10.3. The summed E-state index contributed by atoms with van der Waals surface area (Å²) in [6.45, 7) is 4.63. The lowest BCUT2D eigenvalue weighted by Crippen LogP contribution is -2.52. The standard InChI is InChI=1S/C13H22N2O2S/c1-2-3-13(10-16)4-5-15(8-12(13)17)7-11-6-14-18-9-11/h6,9,12,16-17H,2-5,7-8,10H2,1H3/t12-,13+/m0/s1. The zero-order valence-corrected chi connectivity index (χ0v) is 11.7. The summed E-state index contributed by atoms with van der Waals surface area (Å²) >= 11 is 1.46. The first-order valence-electron chi connectivity index (χ1n) is 6.60. The fourth-order valence-corrected chi connectivity index (χ4v) is 3.36. The minimum absolute atomic E-state index is 0.0931. The Morgan fingerprint density at radius 1 is 1.61 bits per heavy atom. The van der Waals surface area contributed by atoms with Gasteiger partial charge in [-0.25, -0.2) is 4.37 Å². The number of nitrogens with zero attached hydrogens (tertiary/aromatic N) is 2. The van der Waals surface area contributed by atoms with Crippen LogP contribution in [-0.4, -0.2) is 45.3 Å². The lowest BCUT2D eigenvalue weighted by Gasteiger charge is -2.44. The third-order valence-corrected chi connectivity index (χ3v) is 4.65. The van der Waals surface area contributed by atoms with Crippen molar-refractivity contribution in [3.05, 3.63) is 17.1 Å². The highest BCUT2D eigenvalue weighted by Crippen LogP contribution is 2.36. The maximum Gasteiger partial charge on any atom is 0.0745 e. The van der Waals surface area contributed by atoms with Crippen molar-refractivity contribution in [1.82, 2.24) is 9.27 Å². The van der Waals surface area contributed by atoms with Crippen LogP contribution in [0.2, 0.25) is 0 Å². The predicted octanol–water partition coefficient (Wildman–Crippen LogP) is 1.49. The van der Waals surface area contributed by atoms with Crippen LogP contribution in [-0.2, 0) is 6.54 Å². The van der Waals surface area contributed by atoms with E-state index in [1.54, 1.807) is 0 Å². The number of rotatable bonds is 5. The monoisotopic (exact) mass is 270 g/mol. The zero-order chi connectivity index (χ0) is 13.0. The molecule has 1 aromatic rings. The van der Waals surface area contributed by atoms with E-state index in [1.165, 1.54) is 17.1 Å². The van der Waals surface area contributed by atoms with Crippen LogP contribution in [0.25, 0.3) is 0 Å². The highest BCUT2D eigenvalue weighted by molar-refractivity contribution is 7.03. The van der Waals surface area contributed by atoms with E-state index in [4.69, 9.17) is 0 Å². The second kappa shape index (κ2) is 6.10. The number of aliphatic hydroxyl groups is 2. The normalized spacial score (nSPS) is 29.6. The van der Waals surface area contributed by atoms with Crippen LogP contribution >= 0.6 is 11.5 Å². The Morgan fingerprint density at radius 3 is 3.00 bits per heavy atom. The number of likely N-dealkylation sites (tertiary alicyclic amines) is 1. The molecule has 2 atom stereocenters. The molecule has 0 unspecified atom stereocenters. The van der Waals surface area contributed by atoms with Crippen molar-refractivity contribution in [3.8, 4) is 0 Å². The third-order valence-electron chi connectivity index (χ3n) is 4.02. The zero-order valence-electron chi connectivity index (χ0n) is 10.9. The van der Waals surface area contributed by atoms with Gasteiger partial charge in [-0.1, -0.05) is 13.3 Å². The van der Waals surface area contributed by atoms with Crippen LogP contribution in [0.3, 0.4) is 0 Å². The summed E-state index contributed by atoms with van der Waals surface area (Å²) in [6.07, 6.45) is 4.24. The molecular formula is C13H22N2O2S. The van der Waals surface area contributed by atoms with E-state index in [2.05, 4.69) is 16.2 Å². The summed E-state index contributed by atoms with van der Waals surface area (Å²) in [6, 6.07) is 0. The van der Waals surface area contributed by atoms with Crippen LogP contribution < -0.4 is 0 Å². The first-order chi connectivity index (χ1) is 8.70. The van der Waals surface area contributed by atoms with Crippen molar-refractivity contribution in [2.75, 3.05) is 19.7 Å². The van der Waals surface area contributed by atoms with E-state index in [0.29, 0.717) is 6.54 Å². The average molecular weight is 270 g/mol. The van der Waals surface area contributed by atoms with E-state index in [0.717, 1.165) is 32.4 Å². The van der Waals surface area contributed by atoms with Crippen molar-refractivity contribution in [2.45, 2.75) is 38.8 Å². The largest absolute Gasteiger partial charge is 0.396 e. The summed E-state index contributed by atoms with van der Waals surface area (Å²) in [5, 5.41) is 22.0. The van der Waals surface area contributed by atoms with Gasteiger partial charge in [-0.15, -0.1) is 0 Å². The molecular weight excluding hydrogens is 248 g/mol. The highest BCUT2D eigenvalue weighted by Gasteiger charge is 2.40. The van der Waals surface area contributed by atoms with Crippen molar-refractivity contribution >= 4 is 11.5 Å². The molecule has 5 heteroatoms. The molecule has 0 bridgehead atoms. The highest BCUT2D eigenvalue weighted by atomic mass is 32.1. The molecule has 0 saturated carbocycles. The van der Waals surface area contributed by atoms with Gasteiger partial charge in [0.2, 0.25) is 0 Å². The lowest BCUT2D eigenvalue weighted by atomic mass is 9.73. The molecule has 18 heavy (non-hydrogen) atoms. The van der Waals surface area contributed by atoms with Gasteiger partial charge in [0.05, 0.1) is 12.7 Å². The van der Waals surface area contributed by atoms with Gasteiger partial charge in [-0.05, 0) is 36.5 Å². The Bertz CT molecular complexity index is 358. The first kappa shape index (κ1) is 13.9. The van der Waals surface area contributed by atoms with Gasteiger partial charge in [0.15, 0.2) is 0 Å². The smallest absolute Gasteiger partial charge is 0.0745 e. The quantitative estimate of drug-likeness (QED) is 0.851. The molecule has 0 radical (unpaired) electrons. The molecule has 1 aliphatic heterocycles. The third kappa shape index (κ3) is 2.91. The summed E-state index contributed by atoms with van der Waals surface area (Å²) in [5.41, 5.74) is 0.928. The molecule has 1 fully saturated rings. The molecule has 0 amide bonds. The molecule has 4 nitrogen and oxygen atoms in total. The van der Waals surface area contributed by atoms with Crippen LogP contribution in [0, 0.1) is 5.41 Å². The van der Waals surface area contributed by atoms with Gasteiger partial charge in [0.25, 0.3) is 0 Å². The number of hydrogen-bond acceptors (Lipinski definition) is 5. The Labute approximate surface area is 112 Å². The fourth-order valence-electron chi connectivity index (χ4n) is 2.84. The van der Waals surface area contributed by atoms with Gasteiger partial charge >= 0.3 is 0 Å². The molecule has 0 aliphatic carbocycles. The maximum absolute atomic E-state index is 10.3. The SMILES string of the molecule is CCC[C@]1(CO)CCN(Cc2cnsc2)C[C@@H]1O. The van der Waals surface area contributed by atoms with Gasteiger partial charge in [0, 0.05) is 30.1 Å². The van der Waals surface area contributed by atoms with E-state index in [1.807, 2.05) is 11.6 Å². The Morgan fingerprint density at radius 2 is 2.44 bits per heavy atom. The molecule has 2 heterocycles. The fraction of sp³-hybridized carbons (Fsp3) is 0.769. The molecule has 1 aliphatic rings. The minimum Gasteiger partial charge on any atom is -0.396 e. The van der Waals surface area contributed by atoms with E-state index in [-0.39, 0.29) is 12.0 Å². The Kier molecular flexibility index (Phi) is 4.72. The summed E-state index contributed by atoms with van der Waals surface area (Å²) in [4.78, 5) is 2.25. The summed E-state index contributed by atoms with van der Waals surface area (Å²) in [7, 11) is 0. The van der Waals surface area contributed by atoms with Gasteiger partial charge < -0.3 is 10.2 Å². The molecule has 0 spiro atoms. The van der Waals surface area contributed by atoms with Crippen LogP contribution in [0.4, 0.5) is 0 Å². The average Bonchev–Trinajstić information content (AvgIpc) is 2.86. The summed E-state index contributed by atoms with van der Waals surface area (Å²) < 4.78 is 4.09. The molecule has 2 rings (SSSR count). The minimum atomic E-state index is -0.428. The van der Waals surface area contributed by atoms with Gasteiger partial charge in [0.1, 0.15) is 0 Å². The van der Waals surface area contributed by atoms with Crippen molar-refractivity contribution in [2.24, 2.45) is 5.41 Å². The molecule has 1 saturated heterocycles. The Hall–Kier alpha value is -0.490. The summed E-state index contributed by atoms with van der Waals surface area (Å²) in [5.74, 6) is 0. The lowest BCUT2D eigenvalue weighted by molar-refractivity contribution is -0.0802. The van der Waals surface area contributed by atoms with E-state index in [9.17, 15) is 10.2 Å². The number of aliphatic hydroxyl groups excluding tert-OH is 2. The number of aromatic nitrogens is 1. The van der Waals surface area contributed by atoms with Crippen LogP contribution in [0.5, 0.6) is 0 Å². The van der Waals surface area contributed by atoms with Crippen molar-refractivity contribution < 1.29 is 10.2 Å². The van der Waals surface area contributed by atoms with Crippen molar-refractivity contribution in [1.29, 1.82) is 0 Å². The van der Waals surface area contributed by atoms with Crippen molar-refractivity contribution in [3.63, 3.8) is 0 Å². The first-order valence-corrected chi connectivity index (χ1v) is 7.43. The van der Waals surface area contributed by atoms with E-state index >= 15 is 0 Å². The van der Waals surface area contributed by atoms with Crippen LogP contribution in [0.15, 0.2) is 11.6 Å². The predicted molar refractivity (Wildman–Crippen MR) is 72.4 cm³/mol. The molecule has 0 aromatic carbocycles. The van der Waals surface area contributed by atoms with Gasteiger partial charge in [-0.3, -0.25) is 4.90 Å².